The number of likely N-dealkylation sites (tertiary alicyclic amines) is 1. The van der Waals surface area contributed by atoms with Crippen molar-refractivity contribution in [3.63, 3.8) is 0 Å². The zero-order valence-electron chi connectivity index (χ0n) is 21.6. The Labute approximate surface area is 221 Å². The Morgan fingerprint density at radius 3 is 2.45 bits per heavy atom. The third-order valence-electron chi connectivity index (χ3n) is 6.51. The molecule has 2 N–H and O–H groups in total. The van der Waals surface area contributed by atoms with Gasteiger partial charge in [0.1, 0.15) is 18.1 Å². The van der Waals surface area contributed by atoms with Gasteiger partial charge in [0.2, 0.25) is 0 Å². The number of carbonyl (C=O) groups excluding carboxylic acids is 2. The number of benzene rings is 3. The number of hydrogen-bond acceptors (Lipinski definition) is 7. The normalized spacial score (nSPS) is 16.6. The van der Waals surface area contributed by atoms with Crippen LogP contribution in [0.2, 0.25) is 0 Å². The van der Waals surface area contributed by atoms with Gasteiger partial charge in [-0.3, -0.25) is 9.59 Å². The molecule has 3 aromatic rings. The number of carbonyl (C=O) groups is 2. The molecule has 1 aliphatic rings. The lowest BCUT2D eigenvalue weighted by atomic mass is 9.93. The van der Waals surface area contributed by atoms with E-state index in [0.29, 0.717) is 42.1 Å². The maximum Gasteiger partial charge on any atom is 0.295 e. The van der Waals surface area contributed by atoms with Gasteiger partial charge in [-0.15, -0.1) is 0 Å². The molecule has 0 bridgehead atoms. The van der Waals surface area contributed by atoms with Gasteiger partial charge in [0.05, 0.1) is 18.7 Å². The van der Waals surface area contributed by atoms with Gasteiger partial charge in [0.25, 0.3) is 11.7 Å². The van der Waals surface area contributed by atoms with Crippen LogP contribution in [0.4, 0.5) is 0 Å². The molecule has 8 nitrogen and oxygen atoms in total. The van der Waals surface area contributed by atoms with Crippen molar-refractivity contribution in [2.75, 3.05) is 27.4 Å². The summed E-state index contributed by atoms with van der Waals surface area (Å²) in [4.78, 5) is 27.8. The number of methoxy groups -OCH3 is 2. The van der Waals surface area contributed by atoms with Crippen LogP contribution in [0, 0.1) is 6.92 Å². The third kappa shape index (κ3) is 5.50. The van der Waals surface area contributed by atoms with Crippen molar-refractivity contribution >= 4 is 17.4 Å². The molecule has 1 heterocycles. The van der Waals surface area contributed by atoms with Crippen LogP contribution in [-0.2, 0) is 20.9 Å². The highest BCUT2D eigenvalue weighted by Crippen LogP contribution is 2.42. The van der Waals surface area contributed by atoms with Crippen molar-refractivity contribution in [2.24, 2.45) is 0 Å². The quantitative estimate of drug-likeness (QED) is 0.173. The van der Waals surface area contributed by atoms with Crippen LogP contribution in [-0.4, -0.2) is 54.2 Å². The van der Waals surface area contributed by atoms with Crippen molar-refractivity contribution in [3.8, 4) is 17.2 Å². The summed E-state index contributed by atoms with van der Waals surface area (Å²) in [6.45, 7) is 2.84. The number of hydrogen-bond donors (Lipinski definition) is 2. The molecule has 0 aromatic heterocycles. The molecule has 1 saturated heterocycles. The Balaban J connectivity index is 1.72. The highest BCUT2D eigenvalue weighted by molar-refractivity contribution is 6.46. The Bertz CT molecular complexity index is 1350. The van der Waals surface area contributed by atoms with Crippen LogP contribution in [0.3, 0.4) is 0 Å². The first-order valence-electron chi connectivity index (χ1n) is 12.3. The minimum absolute atomic E-state index is 0.0267. The number of aromatic hydroxyl groups is 1. The minimum Gasteiger partial charge on any atom is -0.507 e. The molecule has 1 atom stereocenters. The number of Topliss-reactive ketones (excluding diaryl/α,β-unsaturated/α-hetero) is 1. The molecular formula is C30H31NO7. The van der Waals surface area contributed by atoms with Crippen molar-refractivity contribution < 1.29 is 34.0 Å². The fourth-order valence-corrected chi connectivity index (χ4v) is 4.58. The second kappa shape index (κ2) is 11.8. The number of rotatable bonds is 10. The van der Waals surface area contributed by atoms with E-state index in [0.717, 1.165) is 5.56 Å². The average molecular weight is 518 g/mol. The topological polar surface area (TPSA) is 106 Å². The van der Waals surface area contributed by atoms with Crippen molar-refractivity contribution in [3.05, 3.63) is 94.6 Å². The van der Waals surface area contributed by atoms with Gasteiger partial charge in [-0.2, -0.15) is 0 Å². The van der Waals surface area contributed by atoms with Crippen molar-refractivity contribution in [2.45, 2.75) is 26.0 Å². The highest BCUT2D eigenvalue weighted by atomic mass is 16.5. The fraction of sp³-hybridized carbons (Fsp3) is 0.267. The van der Waals surface area contributed by atoms with Crippen LogP contribution in [0.5, 0.6) is 17.2 Å². The molecule has 0 saturated carbocycles. The van der Waals surface area contributed by atoms with Crippen molar-refractivity contribution in [1.29, 1.82) is 0 Å². The standard InChI is InChI=1S/C30H31NO7/c1-19-16-22(38-18-20-8-5-4-6-9-20)11-12-23(19)28(33)26-27(21-10-13-24(32)25(17-21)37-3)31(14-7-15-36-2)30(35)29(26)34/h4-6,8-13,16-17,27,32-33H,7,14-15,18H2,1-3H3/b28-26+. The Hall–Kier alpha value is -4.30. The van der Waals surface area contributed by atoms with E-state index in [4.69, 9.17) is 14.2 Å². The highest BCUT2D eigenvalue weighted by Gasteiger charge is 2.46. The summed E-state index contributed by atoms with van der Waals surface area (Å²) in [7, 11) is 2.98. The summed E-state index contributed by atoms with van der Waals surface area (Å²) < 4.78 is 16.3. The van der Waals surface area contributed by atoms with Crippen LogP contribution < -0.4 is 9.47 Å². The summed E-state index contributed by atoms with van der Waals surface area (Å²) in [5, 5.41) is 21.5. The van der Waals surface area contributed by atoms with Crippen LogP contribution in [0.15, 0.2) is 72.3 Å². The van der Waals surface area contributed by atoms with E-state index in [2.05, 4.69) is 0 Å². The zero-order chi connectivity index (χ0) is 27.2. The summed E-state index contributed by atoms with van der Waals surface area (Å²) in [6, 6.07) is 18.7. The summed E-state index contributed by atoms with van der Waals surface area (Å²) in [6.07, 6.45) is 0.502. The predicted octanol–water partition coefficient (Wildman–Crippen LogP) is 4.75. The number of phenols is 1. The number of ketones is 1. The number of aryl methyl sites for hydroxylation is 1. The van der Waals surface area contributed by atoms with E-state index in [1.165, 1.54) is 18.1 Å². The monoisotopic (exact) mass is 517 g/mol. The zero-order valence-corrected chi connectivity index (χ0v) is 21.6. The molecule has 1 amide bonds. The molecule has 198 valence electrons. The van der Waals surface area contributed by atoms with E-state index in [1.54, 1.807) is 44.4 Å². The molecule has 0 spiro atoms. The van der Waals surface area contributed by atoms with E-state index in [9.17, 15) is 19.8 Å². The van der Waals surface area contributed by atoms with Crippen LogP contribution in [0.1, 0.15) is 34.7 Å². The van der Waals surface area contributed by atoms with Gasteiger partial charge in [-0.05, 0) is 60.4 Å². The summed E-state index contributed by atoms with van der Waals surface area (Å²) in [5.74, 6) is -1.03. The second-order valence-electron chi connectivity index (χ2n) is 9.02. The van der Waals surface area contributed by atoms with Crippen LogP contribution in [0.25, 0.3) is 5.76 Å². The lowest BCUT2D eigenvalue weighted by Crippen LogP contribution is -2.31. The molecule has 0 aliphatic carbocycles. The molecule has 4 rings (SSSR count). The SMILES string of the molecule is COCCCN1C(=O)C(=O)/C(=C(/O)c2ccc(OCc3ccccc3)cc2C)C1c1ccc(O)c(OC)c1. The molecular weight excluding hydrogens is 486 g/mol. The molecule has 1 unspecified atom stereocenters. The Morgan fingerprint density at radius 2 is 1.76 bits per heavy atom. The first-order valence-corrected chi connectivity index (χ1v) is 12.3. The number of nitrogens with zero attached hydrogens (tertiary/aromatic N) is 1. The number of aliphatic hydroxyl groups is 1. The number of phenolic OH excluding ortho intramolecular Hbond substituents is 1. The number of aliphatic hydroxyl groups excluding tert-OH is 1. The van der Waals surface area contributed by atoms with Gasteiger partial charge in [0, 0.05) is 25.8 Å². The van der Waals surface area contributed by atoms with E-state index in [-0.39, 0.29) is 29.4 Å². The van der Waals surface area contributed by atoms with Crippen LogP contribution >= 0.6 is 0 Å². The van der Waals surface area contributed by atoms with Gasteiger partial charge >= 0.3 is 0 Å². The second-order valence-corrected chi connectivity index (χ2v) is 9.02. The third-order valence-corrected chi connectivity index (χ3v) is 6.51. The fourth-order valence-electron chi connectivity index (χ4n) is 4.58. The minimum atomic E-state index is -0.866. The summed E-state index contributed by atoms with van der Waals surface area (Å²) >= 11 is 0. The lowest BCUT2D eigenvalue weighted by Gasteiger charge is -2.26. The molecule has 1 fully saturated rings. The Morgan fingerprint density at radius 1 is 1.00 bits per heavy atom. The Kier molecular flexibility index (Phi) is 8.33. The van der Waals surface area contributed by atoms with Gasteiger partial charge in [-0.25, -0.2) is 0 Å². The number of ether oxygens (including phenoxy) is 3. The predicted molar refractivity (Wildman–Crippen MR) is 142 cm³/mol. The molecule has 0 radical (unpaired) electrons. The largest absolute Gasteiger partial charge is 0.507 e. The first-order chi connectivity index (χ1) is 18.3. The molecule has 38 heavy (non-hydrogen) atoms. The lowest BCUT2D eigenvalue weighted by molar-refractivity contribution is -0.140. The maximum absolute atomic E-state index is 13.3. The van der Waals surface area contributed by atoms with Gasteiger partial charge < -0.3 is 29.3 Å². The van der Waals surface area contributed by atoms with E-state index < -0.39 is 17.7 Å². The van der Waals surface area contributed by atoms with E-state index >= 15 is 0 Å². The molecule has 8 heteroatoms. The molecule has 3 aromatic carbocycles. The molecule has 1 aliphatic heterocycles. The van der Waals surface area contributed by atoms with Crippen molar-refractivity contribution in [1.82, 2.24) is 4.90 Å². The number of amides is 1. The first kappa shape index (κ1) is 26.8. The average Bonchev–Trinajstić information content (AvgIpc) is 3.17. The van der Waals surface area contributed by atoms with E-state index in [1.807, 2.05) is 30.3 Å². The van der Waals surface area contributed by atoms with Gasteiger partial charge in [0.15, 0.2) is 11.5 Å². The smallest absolute Gasteiger partial charge is 0.295 e. The van der Waals surface area contributed by atoms with Gasteiger partial charge in [-0.1, -0.05) is 36.4 Å². The summed E-state index contributed by atoms with van der Waals surface area (Å²) in [5.41, 5.74) is 2.62. The maximum atomic E-state index is 13.3.